The molecule has 3 saturated heterocycles. The zero-order valence-electron chi connectivity index (χ0n) is 21.8. The van der Waals surface area contributed by atoms with E-state index in [4.69, 9.17) is 4.74 Å². The molecule has 0 radical (unpaired) electrons. The second-order valence-corrected chi connectivity index (χ2v) is 11.0. The molecular weight excluding hydrogens is 452 g/mol. The SMILES string of the molecule is CC[C@@H](CC(=O)N[C@@H](C(=O)N1CC[C@H]2CN(CCc3ccccc3)C3OC3[C@H]21)C1CC=CCC1)NC. The van der Waals surface area contributed by atoms with Gasteiger partial charge in [0.05, 0.1) is 6.04 Å². The van der Waals surface area contributed by atoms with E-state index in [0.717, 1.165) is 58.2 Å². The Labute approximate surface area is 215 Å². The molecule has 3 fully saturated rings. The molecule has 1 aromatic carbocycles. The number of piperidine rings is 1. The van der Waals surface area contributed by atoms with Gasteiger partial charge in [-0.2, -0.15) is 0 Å². The van der Waals surface area contributed by atoms with Gasteiger partial charge in [-0.25, -0.2) is 0 Å². The first kappa shape index (κ1) is 25.4. The number of amides is 2. The van der Waals surface area contributed by atoms with Crippen LogP contribution in [0.1, 0.15) is 51.0 Å². The van der Waals surface area contributed by atoms with Crippen LogP contribution in [-0.4, -0.2) is 78.8 Å². The zero-order valence-corrected chi connectivity index (χ0v) is 21.8. The number of carbonyl (C=O) groups is 2. The Morgan fingerprint density at radius 3 is 2.72 bits per heavy atom. The third-order valence-corrected chi connectivity index (χ3v) is 8.76. The summed E-state index contributed by atoms with van der Waals surface area (Å²) in [5.74, 6) is 0.656. The highest BCUT2D eigenvalue weighted by atomic mass is 16.6. The number of hydrogen-bond donors (Lipinski definition) is 2. The summed E-state index contributed by atoms with van der Waals surface area (Å²) in [5, 5.41) is 6.38. The number of rotatable bonds is 10. The Kier molecular flexibility index (Phi) is 8.09. The number of fused-ring (bicyclic) bond motifs is 3. The third kappa shape index (κ3) is 5.53. The number of benzene rings is 1. The summed E-state index contributed by atoms with van der Waals surface area (Å²) >= 11 is 0. The minimum absolute atomic E-state index is 0.0314. The second-order valence-electron chi connectivity index (χ2n) is 11.0. The molecule has 7 heteroatoms. The van der Waals surface area contributed by atoms with Crippen molar-refractivity contribution >= 4 is 11.8 Å². The lowest BCUT2D eigenvalue weighted by Crippen LogP contribution is -2.57. The summed E-state index contributed by atoms with van der Waals surface area (Å²) in [5.41, 5.74) is 1.35. The van der Waals surface area contributed by atoms with E-state index in [1.54, 1.807) is 0 Å². The summed E-state index contributed by atoms with van der Waals surface area (Å²) in [7, 11) is 1.89. The number of nitrogens with one attached hydrogen (secondary N) is 2. The number of likely N-dealkylation sites (tertiary alicyclic amines) is 2. The maximum absolute atomic E-state index is 14.0. The standard InChI is InChI=1S/C29H42N4O3/c1-3-23(30-2)18-24(34)31-25(21-12-8-5-9-13-21)28(35)33-17-15-22-19-32(29-27(36-29)26(22)33)16-14-20-10-6-4-7-11-20/h4-8,10-11,21-23,25-27,29-30H,3,9,12-19H2,1-2H3,(H,31,34)/t21?,22-,23-,25+,26-,27?,29?/m0/s1. The molecule has 0 spiro atoms. The number of ether oxygens (including phenoxy) is 1. The van der Waals surface area contributed by atoms with Gasteiger partial charge in [0, 0.05) is 32.1 Å². The molecule has 196 valence electrons. The van der Waals surface area contributed by atoms with Crippen LogP contribution in [0.25, 0.3) is 0 Å². The molecule has 2 amide bonds. The van der Waals surface area contributed by atoms with Gasteiger partial charge in [0.2, 0.25) is 11.8 Å². The molecule has 7 atom stereocenters. The fraction of sp³-hybridized carbons (Fsp3) is 0.655. The Hall–Kier alpha value is -2.22. The molecule has 0 bridgehead atoms. The van der Waals surface area contributed by atoms with Crippen molar-refractivity contribution in [3.63, 3.8) is 0 Å². The van der Waals surface area contributed by atoms with Crippen molar-refractivity contribution in [3.8, 4) is 0 Å². The van der Waals surface area contributed by atoms with E-state index in [1.165, 1.54) is 5.56 Å². The van der Waals surface area contributed by atoms with Crippen LogP contribution in [0.4, 0.5) is 0 Å². The van der Waals surface area contributed by atoms with Crippen molar-refractivity contribution in [3.05, 3.63) is 48.0 Å². The average molecular weight is 495 g/mol. The predicted octanol–water partition coefficient (Wildman–Crippen LogP) is 2.72. The molecule has 7 nitrogen and oxygen atoms in total. The first-order chi connectivity index (χ1) is 17.6. The quantitative estimate of drug-likeness (QED) is 0.386. The fourth-order valence-electron chi connectivity index (χ4n) is 6.57. The lowest BCUT2D eigenvalue weighted by atomic mass is 9.86. The summed E-state index contributed by atoms with van der Waals surface area (Å²) in [6, 6.07) is 10.4. The Morgan fingerprint density at radius 2 is 2.00 bits per heavy atom. The van der Waals surface area contributed by atoms with Gasteiger partial charge in [-0.15, -0.1) is 0 Å². The van der Waals surface area contributed by atoms with Crippen LogP contribution in [-0.2, 0) is 20.7 Å². The van der Waals surface area contributed by atoms with Crippen LogP contribution in [0.5, 0.6) is 0 Å². The molecule has 36 heavy (non-hydrogen) atoms. The molecule has 3 heterocycles. The second kappa shape index (κ2) is 11.4. The number of epoxide rings is 1. The van der Waals surface area contributed by atoms with Crippen LogP contribution >= 0.6 is 0 Å². The van der Waals surface area contributed by atoms with Crippen molar-refractivity contribution in [2.24, 2.45) is 11.8 Å². The topological polar surface area (TPSA) is 77.2 Å². The molecule has 2 N–H and O–H groups in total. The third-order valence-electron chi connectivity index (χ3n) is 8.76. The van der Waals surface area contributed by atoms with Gasteiger partial charge >= 0.3 is 0 Å². The van der Waals surface area contributed by atoms with E-state index in [2.05, 4.69) is 69.8 Å². The smallest absolute Gasteiger partial charge is 0.245 e. The maximum Gasteiger partial charge on any atom is 0.245 e. The lowest BCUT2D eigenvalue weighted by molar-refractivity contribution is -0.139. The van der Waals surface area contributed by atoms with Crippen molar-refractivity contribution in [2.75, 3.05) is 26.7 Å². The van der Waals surface area contributed by atoms with E-state index in [9.17, 15) is 9.59 Å². The van der Waals surface area contributed by atoms with Crippen molar-refractivity contribution in [2.45, 2.75) is 82.3 Å². The molecule has 0 saturated carbocycles. The molecule has 1 aliphatic carbocycles. The average Bonchev–Trinajstić information content (AvgIpc) is 3.61. The van der Waals surface area contributed by atoms with E-state index in [1.807, 2.05) is 7.05 Å². The largest absolute Gasteiger partial charge is 0.351 e. The molecule has 4 aliphatic rings. The van der Waals surface area contributed by atoms with Crippen molar-refractivity contribution < 1.29 is 14.3 Å². The van der Waals surface area contributed by atoms with Crippen LogP contribution in [0.2, 0.25) is 0 Å². The normalized spacial score (nSPS) is 30.8. The molecule has 5 rings (SSSR count). The van der Waals surface area contributed by atoms with Gasteiger partial charge in [0.25, 0.3) is 0 Å². The predicted molar refractivity (Wildman–Crippen MR) is 140 cm³/mol. The van der Waals surface area contributed by atoms with Gasteiger partial charge in [-0.05, 0) is 63.0 Å². The summed E-state index contributed by atoms with van der Waals surface area (Å²) < 4.78 is 6.19. The summed E-state index contributed by atoms with van der Waals surface area (Å²) in [6.45, 7) is 4.80. The monoisotopic (exact) mass is 494 g/mol. The van der Waals surface area contributed by atoms with Crippen molar-refractivity contribution in [1.29, 1.82) is 0 Å². The van der Waals surface area contributed by atoms with Gasteiger partial charge in [0.15, 0.2) is 0 Å². The number of carbonyl (C=O) groups excluding carboxylic acids is 2. The van der Waals surface area contributed by atoms with E-state index in [0.29, 0.717) is 12.3 Å². The minimum Gasteiger partial charge on any atom is -0.351 e. The fourth-order valence-corrected chi connectivity index (χ4v) is 6.57. The van der Waals surface area contributed by atoms with Crippen LogP contribution < -0.4 is 10.6 Å². The zero-order chi connectivity index (χ0) is 25.1. The first-order valence-corrected chi connectivity index (χ1v) is 13.9. The van der Waals surface area contributed by atoms with Crippen LogP contribution in [0, 0.1) is 11.8 Å². The van der Waals surface area contributed by atoms with Crippen LogP contribution in [0.15, 0.2) is 42.5 Å². The van der Waals surface area contributed by atoms with Gasteiger partial charge in [0.1, 0.15) is 18.4 Å². The highest BCUT2D eigenvalue weighted by molar-refractivity contribution is 5.88. The van der Waals surface area contributed by atoms with Gasteiger partial charge in [-0.1, -0.05) is 49.4 Å². The number of hydrogen-bond acceptors (Lipinski definition) is 5. The molecular formula is C29H42N4O3. The minimum atomic E-state index is -0.455. The highest BCUT2D eigenvalue weighted by Gasteiger charge is 2.60. The Morgan fingerprint density at radius 1 is 1.17 bits per heavy atom. The van der Waals surface area contributed by atoms with E-state index < -0.39 is 6.04 Å². The molecule has 3 aliphatic heterocycles. The first-order valence-electron chi connectivity index (χ1n) is 13.9. The van der Waals surface area contributed by atoms with Gasteiger partial charge < -0.3 is 20.3 Å². The van der Waals surface area contributed by atoms with Crippen LogP contribution in [0.3, 0.4) is 0 Å². The molecule has 0 aromatic heterocycles. The molecule has 1 aromatic rings. The lowest BCUT2D eigenvalue weighted by Gasteiger charge is -2.37. The summed E-state index contributed by atoms with van der Waals surface area (Å²) in [6.07, 6.45) is 10.6. The highest BCUT2D eigenvalue weighted by Crippen LogP contribution is 2.45. The summed E-state index contributed by atoms with van der Waals surface area (Å²) in [4.78, 5) is 31.5. The number of nitrogens with zero attached hydrogens (tertiary/aromatic N) is 2. The Balaban J connectivity index is 1.24. The Bertz CT molecular complexity index is 934. The van der Waals surface area contributed by atoms with Gasteiger partial charge in [-0.3, -0.25) is 14.5 Å². The maximum atomic E-state index is 14.0. The van der Waals surface area contributed by atoms with E-state index >= 15 is 0 Å². The number of allylic oxidation sites excluding steroid dienone is 2. The van der Waals surface area contributed by atoms with E-state index in [-0.39, 0.29) is 42.1 Å². The van der Waals surface area contributed by atoms with Crippen molar-refractivity contribution in [1.82, 2.24) is 20.4 Å². The molecule has 3 unspecified atom stereocenters.